The minimum Gasteiger partial charge on any atom is -0.463 e. The van der Waals surface area contributed by atoms with Gasteiger partial charge in [0.05, 0.1) is 13.0 Å². The molecule has 4 rings (SSSR count). The van der Waals surface area contributed by atoms with Crippen molar-refractivity contribution in [3.05, 3.63) is 34.9 Å². The number of Topliss-reactive ketones (excluding diaryl/α,β-unsaturated/α-hetero) is 1. The fraction of sp³-hybridized carbons (Fsp3) is 0.583. The Kier molecular flexibility index (Phi) is 7.88. The third kappa shape index (κ3) is 6.89. The molecule has 13 heteroatoms. The molecule has 0 bridgehead atoms. The number of nitrogens with two attached hydrogens (primary N) is 1. The number of aromatic nitrogens is 4. The van der Waals surface area contributed by atoms with Gasteiger partial charge in [0, 0.05) is 31.1 Å². The smallest absolute Gasteiger partial charge is 0.389 e. The number of primary amides is 1. The number of piperidine rings is 1. The molecular weight excluding hydrogens is 496 g/mol. The molecule has 0 spiro atoms. The quantitative estimate of drug-likeness (QED) is 0.389. The van der Waals surface area contributed by atoms with Gasteiger partial charge in [0.25, 0.3) is 5.91 Å². The van der Waals surface area contributed by atoms with Gasteiger partial charge in [-0.15, -0.1) is 0 Å². The average Bonchev–Trinajstić information content (AvgIpc) is 2.84. The van der Waals surface area contributed by atoms with E-state index in [9.17, 15) is 27.2 Å². The van der Waals surface area contributed by atoms with E-state index in [0.29, 0.717) is 44.3 Å². The number of hydrogen-bond acceptors (Lipinski definition) is 8. The molecule has 1 amide bonds. The summed E-state index contributed by atoms with van der Waals surface area (Å²) in [4.78, 5) is 42.7. The summed E-state index contributed by atoms with van der Waals surface area (Å²) >= 11 is 0. The van der Waals surface area contributed by atoms with Gasteiger partial charge in [0.2, 0.25) is 17.6 Å². The van der Waals surface area contributed by atoms with Gasteiger partial charge < -0.3 is 15.4 Å². The minimum absolute atomic E-state index is 0.0114. The molecule has 1 aliphatic carbocycles. The number of halogens is 4. The Bertz CT molecular complexity index is 1150. The molecular formula is C24H28F4N6O3. The lowest BCUT2D eigenvalue weighted by Crippen LogP contribution is -2.35. The molecule has 1 aliphatic heterocycles. The van der Waals surface area contributed by atoms with Crippen LogP contribution < -0.4 is 15.4 Å². The predicted octanol–water partition coefficient (Wildman–Crippen LogP) is 3.71. The molecule has 0 unspecified atom stereocenters. The average molecular weight is 525 g/mol. The largest absolute Gasteiger partial charge is 0.463 e. The molecule has 2 aliphatic rings. The molecule has 2 aromatic rings. The van der Waals surface area contributed by atoms with Gasteiger partial charge in [-0.25, -0.2) is 9.37 Å². The highest BCUT2D eigenvalue weighted by Gasteiger charge is 2.32. The maximum absolute atomic E-state index is 13.1. The molecule has 0 radical (unpaired) electrons. The summed E-state index contributed by atoms with van der Waals surface area (Å²) in [5, 5.41) is 0. The Morgan fingerprint density at radius 2 is 1.81 bits per heavy atom. The van der Waals surface area contributed by atoms with Crippen LogP contribution in [0.2, 0.25) is 0 Å². The lowest BCUT2D eigenvalue weighted by Gasteiger charge is -2.32. The first-order valence-electron chi connectivity index (χ1n) is 12.1. The zero-order valence-corrected chi connectivity index (χ0v) is 20.3. The van der Waals surface area contributed by atoms with Crippen molar-refractivity contribution in [2.75, 3.05) is 24.6 Å². The van der Waals surface area contributed by atoms with Crippen LogP contribution in [0, 0.1) is 12.8 Å². The maximum atomic E-state index is 13.1. The summed E-state index contributed by atoms with van der Waals surface area (Å²) in [6.45, 7) is 2.84. The lowest BCUT2D eigenvalue weighted by molar-refractivity contribution is -0.133. The highest BCUT2D eigenvalue weighted by atomic mass is 19.4. The molecule has 2 fully saturated rings. The minimum atomic E-state index is -4.49. The van der Waals surface area contributed by atoms with Gasteiger partial charge >= 0.3 is 12.2 Å². The number of carbonyl (C=O) groups is 2. The third-order valence-corrected chi connectivity index (χ3v) is 6.66. The molecule has 200 valence electrons. The van der Waals surface area contributed by atoms with E-state index < -0.39 is 42.7 Å². The van der Waals surface area contributed by atoms with Gasteiger partial charge in [0.1, 0.15) is 11.9 Å². The lowest BCUT2D eigenvalue weighted by atomic mass is 9.84. The number of ether oxygens (including phenoxy) is 1. The second kappa shape index (κ2) is 10.9. The van der Waals surface area contributed by atoms with E-state index in [1.807, 2.05) is 6.07 Å². The molecule has 3 heterocycles. The Morgan fingerprint density at radius 3 is 2.43 bits per heavy atom. The topological polar surface area (TPSA) is 124 Å². The Labute approximate surface area is 210 Å². The fourth-order valence-corrected chi connectivity index (χ4v) is 4.42. The second-order valence-electron chi connectivity index (χ2n) is 9.55. The van der Waals surface area contributed by atoms with Crippen LogP contribution >= 0.6 is 0 Å². The number of hydrogen-bond donors (Lipinski definition) is 1. The van der Waals surface area contributed by atoms with Gasteiger partial charge in [0.15, 0.2) is 0 Å². The summed E-state index contributed by atoms with van der Waals surface area (Å²) in [5.41, 5.74) is 7.08. The summed E-state index contributed by atoms with van der Waals surface area (Å²) in [5.74, 6) is -1.69. The van der Waals surface area contributed by atoms with E-state index in [0.717, 1.165) is 5.69 Å². The molecule has 0 atom stereocenters. The molecule has 2 N–H and O–H groups in total. The Balaban J connectivity index is 1.48. The first kappa shape index (κ1) is 26.7. The second-order valence-corrected chi connectivity index (χ2v) is 9.55. The fourth-order valence-electron chi connectivity index (χ4n) is 4.42. The van der Waals surface area contributed by atoms with Crippen molar-refractivity contribution in [1.82, 2.24) is 19.9 Å². The van der Waals surface area contributed by atoms with E-state index in [4.69, 9.17) is 10.5 Å². The summed E-state index contributed by atoms with van der Waals surface area (Å²) in [7, 11) is 0. The number of aryl methyl sites for hydroxylation is 1. The van der Waals surface area contributed by atoms with Crippen LogP contribution in [0.15, 0.2) is 12.1 Å². The zero-order valence-electron chi connectivity index (χ0n) is 20.3. The van der Waals surface area contributed by atoms with Crippen molar-refractivity contribution >= 4 is 17.6 Å². The van der Waals surface area contributed by atoms with Gasteiger partial charge in [-0.2, -0.15) is 28.1 Å². The summed E-state index contributed by atoms with van der Waals surface area (Å²) in [6, 6.07) is 3.49. The van der Waals surface area contributed by atoms with Crippen LogP contribution in [0.25, 0.3) is 0 Å². The van der Waals surface area contributed by atoms with Crippen LogP contribution in [0.1, 0.15) is 76.8 Å². The maximum Gasteiger partial charge on any atom is 0.389 e. The number of carbonyl (C=O) groups excluding carboxylic acids is 2. The standard InChI is InChI=1S/C24H28F4N6O3/c1-13-2-3-17(30-19(13)20(29)36)15-5-8-34(9-6-15)22-31-21(18(35)4-7-24(26,27)28)32-23(33-22)37-12-14-10-16(25)11-14/h2-3,14-16H,4-12H2,1H3,(H2,29,36). The van der Waals surface area contributed by atoms with Gasteiger partial charge in [-0.1, -0.05) is 6.07 Å². The zero-order chi connectivity index (χ0) is 26.7. The van der Waals surface area contributed by atoms with Crippen LogP contribution in [-0.2, 0) is 0 Å². The van der Waals surface area contributed by atoms with Crippen molar-refractivity contribution in [2.24, 2.45) is 11.7 Å². The van der Waals surface area contributed by atoms with Crippen molar-refractivity contribution in [2.45, 2.75) is 63.7 Å². The van der Waals surface area contributed by atoms with E-state index in [-0.39, 0.29) is 36.1 Å². The van der Waals surface area contributed by atoms with Gasteiger partial charge in [-0.05, 0) is 50.2 Å². The number of anilines is 1. The highest BCUT2D eigenvalue weighted by molar-refractivity contribution is 5.93. The molecule has 9 nitrogen and oxygen atoms in total. The Hall–Kier alpha value is -3.38. The van der Waals surface area contributed by atoms with Gasteiger partial charge in [-0.3, -0.25) is 9.59 Å². The first-order chi connectivity index (χ1) is 17.5. The van der Waals surface area contributed by atoms with E-state index >= 15 is 0 Å². The summed E-state index contributed by atoms with van der Waals surface area (Å²) in [6.07, 6.45) is -5.46. The SMILES string of the molecule is Cc1ccc(C2CCN(c3nc(OCC4CC(F)C4)nc(C(=O)CCC(F)(F)F)n3)CC2)nc1C(N)=O. The van der Waals surface area contributed by atoms with Crippen LogP contribution in [-0.4, -0.2) is 63.7 Å². The number of rotatable bonds is 9. The molecule has 1 saturated carbocycles. The number of pyridine rings is 1. The first-order valence-corrected chi connectivity index (χ1v) is 12.1. The summed E-state index contributed by atoms with van der Waals surface area (Å²) < 4.78 is 56.6. The third-order valence-electron chi connectivity index (χ3n) is 6.66. The van der Waals surface area contributed by atoms with E-state index in [1.54, 1.807) is 17.9 Å². The molecule has 2 aromatic heterocycles. The predicted molar refractivity (Wildman–Crippen MR) is 124 cm³/mol. The highest BCUT2D eigenvalue weighted by Crippen LogP contribution is 2.32. The Morgan fingerprint density at radius 1 is 1.11 bits per heavy atom. The number of nitrogens with zero attached hydrogens (tertiary/aromatic N) is 5. The molecule has 0 aromatic carbocycles. The monoisotopic (exact) mass is 524 g/mol. The van der Waals surface area contributed by atoms with Crippen LogP contribution in [0.4, 0.5) is 23.5 Å². The van der Waals surface area contributed by atoms with Crippen LogP contribution in [0.5, 0.6) is 6.01 Å². The number of alkyl halides is 4. The van der Waals surface area contributed by atoms with Crippen molar-refractivity contribution in [1.29, 1.82) is 0 Å². The van der Waals surface area contributed by atoms with E-state index in [1.165, 1.54) is 0 Å². The normalized spacial score (nSPS) is 20.4. The van der Waals surface area contributed by atoms with Crippen LogP contribution in [0.3, 0.4) is 0 Å². The van der Waals surface area contributed by atoms with Crippen molar-refractivity contribution in [3.63, 3.8) is 0 Å². The van der Waals surface area contributed by atoms with Crippen molar-refractivity contribution in [3.8, 4) is 6.01 Å². The number of amides is 1. The van der Waals surface area contributed by atoms with E-state index in [2.05, 4.69) is 19.9 Å². The molecule has 1 saturated heterocycles. The van der Waals surface area contributed by atoms with Crippen molar-refractivity contribution < 1.29 is 31.9 Å². The molecule has 37 heavy (non-hydrogen) atoms. The number of ketones is 1.